The van der Waals surface area contributed by atoms with E-state index in [9.17, 15) is 0 Å². The molecule has 4 unspecified atom stereocenters. The summed E-state index contributed by atoms with van der Waals surface area (Å²) >= 11 is 3.81. The molecule has 0 aromatic heterocycles. The van der Waals surface area contributed by atoms with Gasteiger partial charge in [-0.15, -0.1) is 0 Å². The van der Waals surface area contributed by atoms with Crippen molar-refractivity contribution >= 4 is 15.9 Å². The number of halogens is 1. The molecule has 3 heterocycles. The van der Waals surface area contributed by atoms with Crippen molar-refractivity contribution < 1.29 is 28.4 Å². The second-order valence-corrected chi connectivity index (χ2v) is 9.67. The van der Waals surface area contributed by atoms with E-state index < -0.39 is 0 Å². The van der Waals surface area contributed by atoms with Gasteiger partial charge in [-0.05, 0) is 57.8 Å². The van der Waals surface area contributed by atoms with E-state index in [2.05, 4.69) is 22.9 Å². The van der Waals surface area contributed by atoms with Gasteiger partial charge in [-0.2, -0.15) is 0 Å². The summed E-state index contributed by atoms with van der Waals surface area (Å²) in [5, 5.41) is 0. The smallest absolute Gasteiger partial charge is 0.157 e. The van der Waals surface area contributed by atoms with Gasteiger partial charge in [0.15, 0.2) is 18.9 Å². The third kappa shape index (κ3) is 7.18. The maximum Gasteiger partial charge on any atom is 0.157 e. The van der Waals surface area contributed by atoms with Crippen LogP contribution in [0.4, 0.5) is 0 Å². The number of ether oxygens (including phenoxy) is 6. The molecule has 6 nitrogen and oxygen atoms in total. The van der Waals surface area contributed by atoms with Gasteiger partial charge in [0.2, 0.25) is 0 Å². The molecule has 0 aromatic rings. The van der Waals surface area contributed by atoms with E-state index >= 15 is 0 Å². The van der Waals surface area contributed by atoms with Gasteiger partial charge < -0.3 is 28.4 Å². The Kier molecular flexibility index (Phi) is 9.97. The van der Waals surface area contributed by atoms with Gasteiger partial charge in [0.1, 0.15) is 0 Å². The molecule has 28 heavy (non-hydrogen) atoms. The molecule has 164 valence electrons. The summed E-state index contributed by atoms with van der Waals surface area (Å²) in [5.74, 6) is 0. The molecular formula is C21H37BrO6. The van der Waals surface area contributed by atoms with Crippen molar-refractivity contribution in [1.82, 2.24) is 0 Å². The summed E-state index contributed by atoms with van der Waals surface area (Å²) in [7, 11) is 0. The molecule has 0 saturated carbocycles. The highest BCUT2D eigenvalue weighted by atomic mass is 79.9. The topological polar surface area (TPSA) is 55.4 Å². The fourth-order valence-corrected chi connectivity index (χ4v) is 4.17. The standard InChI is InChI=1S/C21H37BrO6/c1-17(22)21(14-26-18-8-2-5-11-23-18,15-27-19-9-3-6-12-24-19)16-28-20-10-4-7-13-25-20/h17-20H,2-16H2,1H3. The molecule has 0 spiro atoms. The van der Waals surface area contributed by atoms with Crippen LogP contribution < -0.4 is 0 Å². The maximum absolute atomic E-state index is 6.20. The first-order valence-electron chi connectivity index (χ1n) is 11.0. The quantitative estimate of drug-likeness (QED) is 0.447. The van der Waals surface area contributed by atoms with E-state index in [1.54, 1.807) is 0 Å². The lowest BCUT2D eigenvalue weighted by atomic mass is 9.87. The Morgan fingerprint density at radius 1 is 0.714 bits per heavy atom. The average Bonchev–Trinajstić information content (AvgIpc) is 2.75. The average molecular weight is 465 g/mol. The zero-order valence-corrected chi connectivity index (χ0v) is 18.8. The Balaban J connectivity index is 1.59. The van der Waals surface area contributed by atoms with Crippen LogP contribution in [0.15, 0.2) is 0 Å². The molecule has 3 fully saturated rings. The molecule has 7 heteroatoms. The Hall–Kier alpha value is 0.240. The highest BCUT2D eigenvalue weighted by Crippen LogP contribution is 2.33. The van der Waals surface area contributed by atoms with Crippen LogP contribution in [-0.4, -0.2) is 63.3 Å². The summed E-state index contributed by atoms with van der Waals surface area (Å²) in [5.41, 5.74) is -0.331. The molecule has 3 rings (SSSR count). The van der Waals surface area contributed by atoms with E-state index in [1.807, 2.05) is 0 Å². The van der Waals surface area contributed by atoms with Crippen LogP contribution in [0.3, 0.4) is 0 Å². The van der Waals surface area contributed by atoms with Gasteiger partial charge in [0.05, 0.1) is 25.2 Å². The third-order valence-electron chi connectivity index (χ3n) is 5.93. The van der Waals surface area contributed by atoms with Crippen LogP contribution in [0.25, 0.3) is 0 Å². The molecular weight excluding hydrogens is 428 g/mol. The highest BCUT2D eigenvalue weighted by Gasteiger charge is 2.39. The molecule has 4 atom stereocenters. The molecule has 3 aliphatic rings. The van der Waals surface area contributed by atoms with Crippen molar-refractivity contribution in [2.24, 2.45) is 5.41 Å². The number of alkyl halides is 1. The Morgan fingerprint density at radius 3 is 1.32 bits per heavy atom. The predicted octanol–water partition coefficient (Wildman–Crippen LogP) is 4.39. The summed E-state index contributed by atoms with van der Waals surface area (Å²) in [6.45, 7) is 6.03. The van der Waals surface area contributed by atoms with Gasteiger partial charge >= 0.3 is 0 Å². The Morgan fingerprint density at radius 2 is 1.07 bits per heavy atom. The van der Waals surface area contributed by atoms with Gasteiger partial charge in [0.25, 0.3) is 0 Å². The van der Waals surface area contributed by atoms with Crippen LogP contribution in [0.2, 0.25) is 0 Å². The second kappa shape index (κ2) is 12.2. The van der Waals surface area contributed by atoms with Gasteiger partial charge in [0, 0.05) is 24.6 Å². The molecule has 3 aliphatic heterocycles. The summed E-state index contributed by atoms with van der Waals surface area (Å²) in [6.07, 6.45) is 9.27. The lowest BCUT2D eigenvalue weighted by Crippen LogP contribution is -2.47. The third-order valence-corrected chi connectivity index (χ3v) is 6.90. The SMILES string of the molecule is CC(Br)C(COC1CCCCO1)(COC1CCCCO1)COC1CCCCO1. The number of rotatable bonds is 10. The van der Waals surface area contributed by atoms with Crippen molar-refractivity contribution in [2.45, 2.75) is 88.4 Å². The summed E-state index contributed by atoms with van der Waals surface area (Å²) in [4.78, 5) is 0.149. The van der Waals surface area contributed by atoms with Gasteiger partial charge in [-0.3, -0.25) is 0 Å². The van der Waals surface area contributed by atoms with E-state index in [1.165, 1.54) is 0 Å². The molecule has 0 amide bonds. The Bertz CT molecular complexity index is 362. The summed E-state index contributed by atoms with van der Waals surface area (Å²) < 4.78 is 35.9. The largest absolute Gasteiger partial charge is 0.353 e. The molecule has 0 N–H and O–H groups in total. The minimum atomic E-state index is -0.331. The molecule has 0 aromatic carbocycles. The van der Waals surface area contributed by atoms with E-state index in [-0.39, 0.29) is 29.1 Å². The Labute approximate surface area is 178 Å². The first-order chi connectivity index (χ1) is 13.7. The molecule has 0 bridgehead atoms. The van der Waals surface area contributed by atoms with Crippen LogP contribution in [-0.2, 0) is 28.4 Å². The molecule has 3 saturated heterocycles. The fraction of sp³-hybridized carbons (Fsp3) is 1.00. The monoisotopic (exact) mass is 464 g/mol. The minimum Gasteiger partial charge on any atom is -0.353 e. The van der Waals surface area contributed by atoms with Crippen molar-refractivity contribution in [1.29, 1.82) is 0 Å². The number of hydrogen-bond acceptors (Lipinski definition) is 6. The highest BCUT2D eigenvalue weighted by molar-refractivity contribution is 9.09. The lowest BCUT2D eigenvalue weighted by Gasteiger charge is -2.39. The number of hydrogen-bond donors (Lipinski definition) is 0. The van der Waals surface area contributed by atoms with Crippen molar-refractivity contribution in [3.63, 3.8) is 0 Å². The van der Waals surface area contributed by atoms with Gasteiger partial charge in [-0.25, -0.2) is 0 Å². The van der Waals surface area contributed by atoms with E-state index in [4.69, 9.17) is 28.4 Å². The molecule has 0 radical (unpaired) electrons. The fourth-order valence-electron chi connectivity index (χ4n) is 3.77. The minimum absolute atomic E-state index is 0.128. The predicted molar refractivity (Wildman–Crippen MR) is 109 cm³/mol. The van der Waals surface area contributed by atoms with Crippen LogP contribution in [0.5, 0.6) is 0 Å². The van der Waals surface area contributed by atoms with Crippen LogP contribution >= 0.6 is 15.9 Å². The maximum atomic E-state index is 6.20. The van der Waals surface area contributed by atoms with Crippen molar-refractivity contribution in [3.05, 3.63) is 0 Å². The van der Waals surface area contributed by atoms with Gasteiger partial charge in [-0.1, -0.05) is 22.9 Å². The second-order valence-electron chi connectivity index (χ2n) is 8.30. The van der Waals surface area contributed by atoms with Crippen LogP contribution in [0, 0.1) is 5.41 Å². The zero-order chi connectivity index (χ0) is 19.7. The summed E-state index contributed by atoms with van der Waals surface area (Å²) in [6, 6.07) is 0. The zero-order valence-electron chi connectivity index (χ0n) is 17.2. The van der Waals surface area contributed by atoms with Crippen molar-refractivity contribution in [3.8, 4) is 0 Å². The lowest BCUT2D eigenvalue weighted by molar-refractivity contribution is -0.232. The van der Waals surface area contributed by atoms with Crippen molar-refractivity contribution in [2.75, 3.05) is 39.6 Å². The van der Waals surface area contributed by atoms with Crippen LogP contribution in [0.1, 0.15) is 64.7 Å². The molecule has 0 aliphatic carbocycles. The normalized spacial score (nSPS) is 32.6. The first kappa shape index (κ1) is 22.9. The van der Waals surface area contributed by atoms with E-state index in [0.717, 1.165) is 77.6 Å². The first-order valence-corrected chi connectivity index (χ1v) is 11.9. The van der Waals surface area contributed by atoms with E-state index in [0.29, 0.717) is 19.8 Å².